The molecule has 3 aliphatic rings. The van der Waals surface area contributed by atoms with Crippen LogP contribution < -0.4 is 4.90 Å². The Morgan fingerprint density at radius 3 is 2.66 bits per heavy atom. The molecule has 2 aliphatic carbocycles. The number of nitriles is 1. The van der Waals surface area contributed by atoms with Crippen LogP contribution in [0.4, 0.5) is 19.3 Å². The summed E-state index contributed by atoms with van der Waals surface area (Å²) in [6.45, 7) is 1.72. The highest BCUT2D eigenvalue weighted by molar-refractivity contribution is 6.04. The summed E-state index contributed by atoms with van der Waals surface area (Å²) in [5.41, 5.74) is 4.70. The minimum atomic E-state index is -2.92. The van der Waals surface area contributed by atoms with Crippen molar-refractivity contribution in [2.75, 3.05) is 31.1 Å². The van der Waals surface area contributed by atoms with E-state index in [1.807, 2.05) is 23.9 Å². The number of aryl methyl sites for hydroxylation is 1. The summed E-state index contributed by atoms with van der Waals surface area (Å²) in [6.07, 6.45) is 3.80. The van der Waals surface area contributed by atoms with Gasteiger partial charge in [0.05, 0.1) is 23.3 Å². The van der Waals surface area contributed by atoms with E-state index in [4.69, 9.17) is 4.74 Å². The predicted octanol–water partition coefficient (Wildman–Crippen LogP) is 2.86. The summed E-state index contributed by atoms with van der Waals surface area (Å²) >= 11 is 0. The molecule has 5 rings (SSSR count). The molecule has 0 radical (unpaired) electrons. The molecule has 32 heavy (non-hydrogen) atoms. The number of fused-ring (bicyclic) bond motifs is 1. The molecule has 0 N–H and O–H groups in total. The fraction of sp³-hybridized carbons (Fsp3) is 0.455. The van der Waals surface area contributed by atoms with Gasteiger partial charge in [-0.15, -0.1) is 0 Å². The molecule has 0 unspecified atom stereocenters. The molecule has 0 spiro atoms. The van der Waals surface area contributed by atoms with Crippen molar-refractivity contribution in [3.63, 3.8) is 0 Å². The van der Waals surface area contributed by atoms with Crippen molar-refractivity contribution >= 4 is 22.9 Å². The van der Waals surface area contributed by atoms with Gasteiger partial charge in [-0.25, -0.2) is 18.6 Å². The zero-order valence-corrected chi connectivity index (χ0v) is 17.6. The van der Waals surface area contributed by atoms with Crippen LogP contribution in [0.3, 0.4) is 0 Å². The number of carbonyl (C=O) groups is 1. The van der Waals surface area contributed by atoms with E-state index in [-0.39, 0.29) is 12.8 Å². The topological polar surface area (TPSA) is 87.3 Å². The quantitative estimate of drug-likeness (QED) is 0.730. The molecule has 166 valence electrons. The van der Waals surface area contributed by atoms with E-state index >= 15 is 0 Å². The van der Waals surface area contributed by atoms with Gasteiger partial charge in [-0.3, -0.25) is 4.98 Å². The number of halogens is 2. The lowest BCUT2D eigenvalue weighted by atomic mass is 9.91. The molecule has 10 heteroatoms. The Hall–Kier alpha value is -3.48. The van der Waals surface area contributed by atoms with Crippen LogP contribution in [0.15, 0.2) is 24.8 Å². The highest BCUT2D eigenvalue weighted by Crippen LogP contribution is 2.42. The van der Waals surface area contributed by atoms with Gasteiger partial charge in [0.2, 0.25) is 0 Å². The molecular formula is C22H22F2N6O2. The van der Waals surface area contributed by atoms with Crippen LogP contribution in [0, 0.1) is 11.3 Å². The fourth-order valence-corrected chi connectivity index (χ4v) is 4.43. The number of pyridine rings is 1. The number of alkyl halides is 2. The lowest BCUT2D eigenvalue weighted by Gasteiger charge is -2.39. The Balaban J connectivity index is 1.33. The summed E-state index contributed by atoms with van der Waals surface area (Å²) in [5, 5.41) is 9.92. The molecule has 8 nitrogen and oxygen atoms in total. The second-order valence-electron chi connectivity index (χ2n) is 8.36. The number of aromatic nitrogens is 3. The largest absolute Gasteiger partial charge is 0.440 e. The van der Waals surface area contributed by atoms with Gasteiger partial charge < -0.3 is 19.1 Å². The molecule has 2 aromatic heterocycles. The van der Waals surface area contributed by atoms with Crippen LogP contribution in [0.5, 0.6) is 0 Å². The summed E-state index contributed by atoms with van der Waals surface area (Å²) in [5.74, 6) is -2.92. The second-order valence-corrected chi connectivity index (χ2v) is 8.36. The van der Waals surface area contributed by atoms with E-state index in [0.29, 0.717) is 38.2 Å². The Kier molecular flexibility index (Phi) is 4.84. The first-order valence-electron chi connectivity index (χ1n) is 10.6. The average molecular weight is 440 g/mol. The summed E-state index contributed by atoms with van der Waals surface area (Å²) in [6, 6.07) is 4.21. The number of ether oxygens (including phenoxy) is 1. The van der Waals surface area contributed by atoms with Crippen LogP contribution >= 0.6 is 0 Å². The zero-order valence-electron chi connectivity index (χ0n) is 17.6. The molecule has 1 saturated carbocycles. The van der Waals surface area contributed by atoms with Crippen LogP contribution in [0.1, 0.15) is 29.8 Å². The maximum Gasteiger partial charge on any atom is 0.410 e. The van der Waals surface area contributed by atoms with Crippen molar-refractivity contribution in [1.82, 2.24) is 19.4 Å². The minimum Gasteiger partial charge on any atom is -0.440 e. The van der Waals surface area contributed by atoms with Gasteiger partial charge >= 0.3 is 6.09 Å². The number of hydrogen-bond acceptors (Lipinski definition) is 6. The van der Waals surface area contributed by atoms with Crippen molar-refractivity contribution in [2.45, 2.75) is 31.3 Å². The third-order valence-electron chi connectivity index (χ3n) is 6.36. The Morgan fingerprint density at radius 1 is 1.28 bits per heavy atom. The normalized spacial score (nSPS) is 21.8. The Morgan fingerprint density at radius 2 is 2.06 bits per heavy atom. The van der Waals surface area contributed by atoms with Gasteiger partial charge in [-0.2, -0.15) is 5.26 Å². The van der Waals surface area contributed by atoms with E-state index in [1.165, 1.54) is 4.90 Å². The monoisotopic (exact) mass is 440 g/mol. The maximum absolute atomic E-state index is 13.4. The zero-order chi connectivity index (χ0) is 22.5. The number of rotatable bonds is 3. The third-order valence-corrected chi connectivity index (χ3v) is 6.36. The first kappa shape index (κ1) is 20.4. The fourth-order valence-electron chi connectivity index (χ4n) is 4.43. The molecular weight excluding hydrogens is 418 g/mol. The second kappa shape index (κ2) is 7.58. The summed E-state index contributed by atoms with van der Waals surface area (Å²) < 4.78 is 33.7. The summed E-state index contributed by atoms with van der Waals surface area (Å²) in [4.78, 5) is 24.8. The van der Waals surface area contributed by atoms with Crippen LogP contribution in [-0.2, 0) is 18.2 Å². The number of anilines is 1. The number of allylic oxidation sites excluding steroid dienone is 2. The lowest BCUT2D eigenvalue weighted by Crippen LogP contribution is -2.53. The number of nitrogens with zero attached hydrogens (tertiary/aromatic N) is 6. The standard InChI is InChI=1S/C22H22F2N6O2/c1-28-12-17(27-13-28)14-10-16-20(15(14)11-25)18(3-5-26-16)29-6-8-30(9-7-29)21(31)32-19-2-4-22(19,23)24/h3,5,12-13,19H,2,4,6-10H2,1H3/t19-/m0/s1. The molecule has 2 aromatic rings. The van der Waals surface area contributed by atoms with Gasteiger partial charge in [0, 0.05) is 75.3 Å². The SMILES string of the molecule is Cn1cnc(C2=C(C#N)c3c(N4CCN(C(=O)O[C@H]5CCC5(F)F)CC4)ccnc3C2)c1. The van der Waals surface area contributed by atoms with Crippen molar-refractivity contribution in [2.24, 2.45) is 7.05 Å². The smallest absolute Gasteiger partial charge is 0.410 e. The van der Waals surface area contributed by atoms with E-state index in [9.17, 15) is 18.8 Å². The highest BCUT2D eigenvalue weighted by atomic mass is 19.3. The van der Waals surface area contributed by atoms with Gasteiger partial charge in [0.25, 0.3) is 5.92 Å². The van der Waals surface area contributed by atoms with Crippen LogP contribution in [-0.4, -0.2) is 63.7 Å². The molecule has 1 saturated heterocycles. The van der Waals surface area contributed by atoms with Crippen molar-refractivity contribution in [3.05, 3.63) is 41.7 Å². The Bertz CT molecular complexity index is 1140. The number of hydrogen-bond donors (Lipinski definition) is 0. The number of piperazine rings is 1. The predicted molar refractivity (Wildman–Crippen MR) is 112 cm³/mol. The number of carbonyl (C=O) groups excluding carboxylic acids is 1. The first-order valence-corrected chi connectivity index (χ1v) is 10.6. The molecule has 1 atom stereocenters. The summed E-state index contributed by atoms with van der Waals surface area (Å²) in [7, 11) is 1.88. The van der Waals surface area contributed by atoms with Crippen LogP contribution in [0.25, 0.3) is 11.1 Å². The molecule has 0 bridgehead atoms. The molecule has 3 heterocycles. The minimum absolute atomic E-state index is 0.198. The number of imidazole rings is 1. The molecule has 0 aromatic carbocycles. The van der Waals surface area contributed by atoms with Gasteiger partial charge in [0.15, 0.2) is 6.10 Å². The Labute approximate surface area is 183 Å². The molecule has 2 fully saturated rings. The molecule has 1 amide bonds. The average Bonchev–Trinajstić information content (AvgIpc) is 3.39. The van der Waals surface area contributed by atoms with Crippen molar-refractivity contribution < 1.29 is 18.3 Å². The van der Waals surface area contributed by atoms with Crippen molar-refractivity contribution in [1.29, 1.82) is 5.26 Å². The molecule has 1 aliphatic heterocycles. The highest BCUT2D eigenvalue weighted by Gasteiger charge is 2.51. The third kappa shape index (κ3) is 3.38. The number of amides is 1. The van der Waals surface area contributed by atoms with E-state index in [1.54, 1.807) is 12.5 Å². The lowest BCUT2D eigenvalue weighted by molar-refractivity contribution is -0.179. The maximum atomic E-state index is 13.4. The van der Waals surface area contributed by atoms with E-state index in [2.05, 4.69) is 20.9 Å². The van der Waals surface area contributed by atoms with Crippen LogP contribution in [0.2, 0.25) is 0 Å². The van der Waals surface area contributed by atoms with E-state index < -0.39 is 18.1 Å². The van der Waals surface area contributed by atoms with Crippen molar-refractivity contribution in [3.8, 4) is 6.07 Å². The van der Waals surface area contributed by atoms with Gasteiger partial charge in [-0.05, 0) is 12.5 Å². The first-order chi connectivity index (χ1) is 15.4. The van der Waals surface area contributed by atoms with Gasteiger partial charge in [-0.1, -0.05) is 0 Å². The van der Waals surface area contributed by atoms with Gasteiger partial charge in [0.1, 0.15) is 6.07 Å². The van der Waals surface area contributed by atoms with E-state index in [0.717, 1.165) is 28.2 Å².